The molecule has 1 N–H and O–H groups in total. The number of rotatable bonds is 3. The fourth-order valence-electron chi connectivity index (χ4n) is 0.666. The highest BCUT2D eigenvalue weighted by Crippen LogP contribution is 2.05. The highest BCUT2D eigenvalue weighted by atomic mass is 79.9. The first-order chi connectivity index (χ1) is 6.44. The highest BCUT2D eigenvalue weighted by molar-refractivity contribution is 9.10. The monoisotopic (exact) mass is 280 g/mol. The largest absolute Gasteiger partial charge is 0.256 e. The number of halogens is 1. The zero-order chi connectivity index (χ0) is 10.8. The first kappa shape index (κ1) is 11.3. The van der Waals surface area contributed by atoms with Gasteiger partial charge in [-0.05, 0) is 13.8 Å². The number of aryl methyl sites for hydroxylation is 2. The van der Waals surface area contributed by atoms with Crippen LogP contribution in [0.15, 0.2) is 0 Å². The Morgan fingerprint density at radius 3 is 2.43 bits per heavy atom. The number of hydrogen-bond donors (Lipinski definition) is 1. The zero-order valence-electron chi connectivity index (χ0n) is 7.65. The molecule has 0 spiro atoms. The minimum Gasteiger partial charge on any atom is -0.249 e. The summed E-state index contributed by atoms with van der Waals surface area (Å²) in [5.74, 6) is -0.00690. The maximum Gasteiger partial charge on any atom is 0.256 e. The molecule has 6 nitrogen and oxygen atoms in total. The maximum absolute atomic E-state index is 11.1. The summed E-state index contributed by atoms with van der Waals surface area (Å²) < 4.78 is 24.2. The van der Waals surface area contributed by atoms with Crippen LogP contribution in [0.4, 0.5) is 5.95 Å². The summed E-state index contributed by atoms with van der Waals surface area (Å²) in [5, 5.41) is 7.34. The van der Waals surface area contributed by atoms with Crippen LogP contribution in [-0.2, 0) is 10.0 Å². The topological polar surface area (TPSA) is 84.8 Å². The van der Waals surface area contributed by atoms with Crippen LogP contribution >= 0.6 is 15.9 Å². The molecule has 0 aromatic carbocycles. The van der Waals surface area contributed by atoms with Crippen LogP contribution in [0, 0.1) is 13.8 Å². The van der Waals surface area contributed by atoms with E-state index in [1.165, 1.54) is 0 Å². The van der Waals surface area contributed by atoms with Gasteiger partial charge in [-0.25, -0.2) is 18.1 Å². The Balaban J connectivity index is 2.94. The number of anilines is 1. The minimum absolute atomic E-state index is 0.00690. The molecule has 0 fully saturated rings. The molecule has 0 amide bonds. The molecule has 1 aromatic rings. The quantitative estimate of drug-likeness (QED) is 0.819. The van der Waals surface area contributed by atoms with E-state index in [1.807, 2.05) is 0 Å². The molecule has 0 aliphatic rings. The van der Waals surface area contributed by atoms with E-state index in [0.29, 0.717) is 11.4 Å². The molecule has 0 aliphatic carbocycles. The summed E-state index contributed by atoms with van der Waals surface area (Å²) in [4.78, 5) is 3.92. The SMILES string of the molecule is Cc1nnc(NS(=O)(=O)CBr)nc1C. The standard InChI is InChI=1S/C6H9BrN4O2S/c1-4-5(2)9-10-6(8-4)11-14(12,13)3-7/h3H2,1-2H3,(H,8,10,11). The van der Waals surface area contributed by atoms with Crippen molar-refractivity contribution in [1.29, 1.82) is 0 Å². The fraction of sp³-hybridized carbons (Fsp3) is 0.500. The third-order valence-corrected chi connectivity index (χ3v) is 4.07. The third kappa shape index (κ3) is 2.88. The van der Waals surface area contributed by atoms with Gasteiger partial charge in [-0.2, -0.15) is 5.10 Å². The lowest BCUT2D eigenvalue weighted by atomic mass is 10.4. The summed E-state index contributed by atoms with van der Waals surface area (Å²) >= 11 is 2.83. The van der Waals surface area contributed by atoms with Crippen LogP contribution in [-0.4, -0.2) is 28.3 Å². The lowest BCUT2D eigenvalue weighted by molar-refractivity contribution is 0.605. The molecular formula is C6H9BrN4O2S. The van der Waals surface area contributed by atoms with Crippen molar-refractivity contribution in [3.05, 3.63) is 11.4 Å². The van der Waals surface area contributed by atoms with Crippen molar-refractivity contribution >= 4 is 31.9 Å². The van der Waals surface area contributed by atoms with Crippen molar-refractivity contribution in [3.8, 4) is 0 Å². The summed E-state index contributed by atoms with van der Waals surface area (Å²) in [6.07, 6.45) is 0. The molecule has 0 atom stereocenters. The van der Waals surface area contributed by atoms with Gasteiger partial charge in [0, 0.05) is 0 Å². The van der Waals surface area contributed by atoms with E-state index in [4.69, 9.17) is 0 Å². The van der Waals surface area contributed by atoms with Gasteiger partial charge in [-0.15, -0.1) is 5.10 Å². The van der Waals surface area contributed by atoms with Gasteiger partial charge in [0.2, 0.25) is 10.0 Å². The van der Waals surface area contributed by atoms with Crippen LogP contribution in [0.3, 0.4) is 0 Å². The van der Waals surface area contributed by atoms with E-state index in [-0.39, 0.29) is 10.6 Å². The van der Waals surface area contributed by atoms with E-state index in [2.05, 4.69) is 35.8 Å². The molecule has 1 aromatic heterocycles. The lowest BCUT2D eigenvalue weighted by Gasteiger charge is -2.03. The second-order valence-corrected chi connectivity index (χ2v) is 5.66. The van der Waals surface area contributed by atoms with Crippen LogP contribution in [0.2, 0.25) is 0 Å². The van der Waals surface area contributed by atoms with E-state index in [0.717, 1.165) is 0 Å². The smallest absolute Gasteiger partial charge is 0.249 e. The molecule has 0 saturated carbocycles. The molecule has 1 heterocycles. The first-order valence-corrected chi connectivity index (χ1v) is 6.46. The van der Waals surface area contributed by atoms with Gasteiger partial charge in [-0.1, -0.05) is 15.9 Å². The first-order valence-electron chi connectivity index (χ1n) is 3.69. The Bertz CT molecular complexity index is 433. The zero-order valence-corrected chi connectivity index (χ0v) is 10.1. The van der Waals surface area contributed by atoms with Gasteiger partial charge in [-0.3, -0.25) is 0 Å². The Labute approximate surface area is 90.3 Å². The molecule has 0 saturated heterocycles. The van der Waals surface area contributed by atoms with Gasteiger partial charge in [0.1, 0.15) is 4.66 Å². The van der Waals surface area contributed by atoms with E-state index >= 15 is 0 Å². The predicted molar refractivity (Wildman–Crippen MR) is 55.6 cm³/mol. The van der Waals surface area contributed by atoms with E-state index in [9.17, 15) is 8.42 Å². The molecule has 0 aliphatic heterocycles. The second kappa shape index (κ2) is 4.18. The maximum atomic E-state index is 11.1. The minimum atomic E-state index is -3.40. The number of alkyl halides is 1. The van der Waals surface area contributed by atoms with E-state index in [1.54, 1.807) is 13.8 Å². The molecule has 8 heteroatoms. The van der Waals surface area contributed by atoms with Gasteiger partial charge < -0.3 is 0 Å². The van der Waals surface area contributed by atoms with Crippen LogP contribution in [0.5, 0.6) is 0 Å². The average Bonchev–Trinajstić information content (AvgIpc) is 2.11. The Hall–Kier alpha value is -0.760. The van der Waals surface area contributed by atoms with Gasteiger partial charge in [0.15, 0.2) is 0 Å². The number of nitrogens with one attached hydrogen (secondary N) is 1. The Morgan fingerprint density at radius 2 is 1.93 bits per heavy atom. The van der Waals surface area contributed by atoms with Crippen LogP contribution in [0.1, 0.15) is 11.4 Å². The molecule has 1 rings (SSSR count). The highest BCUT2D eigenvalue weighted by Gasteiger charge is 2.10. The number of aromatic nitrogens is 3. The molecule has 14 heavy (non-hydrogen) atoms. The van der Waals surface area contributed by atoms with E-state index < -0.39 is 10.0 Å². The van der Waals surface area contributed by atoms with Gasteiger partial charge in [0.05, 0.1) is 11.4 Å². The van der Waals surface area contributed by atoms with Crippen molar-refractivity contribution in [1.82, 2.24) is 15.2 Å². The summed E-state index contributed by atoms with van der Waals surface area (Å²) in [6, 6.07) is 0. The Kier molecular flexibility index (Phi) is 3.38. The summed E-state index contributed by atoms with van der Waals surface area (Å²) in [5.41, 5.74) is 1.32. The van der Waals surface area contributed by atoms with Crippen molar-refractivity contribution < 1.29 is 8.42 Å². The van der Waals surface area contributed by atoms with Crippen LogP contribution in [0.25, 0.3) is 0 Å². The number of hydrogen-bond acceptors (Lipinski definition) is 5. The van der Waals surface area contributed by atoms with Gasteiger partial charge in [0.25, 0.3) is 5.95 Å². The number of sulfonamides is 1. The molecule has 0 radical (unpaired) electrons. The Morgan fingerprint density at radius 1 is 1.29 bits per heavy atom. The van der Waals surface area contributed by atoms with Crippen LogP contribution < -0.4 is 4.72 Å². The van der Waals surface area contributed by atoms with Crippen molar-refractivity contribution in [2.45, 2.75) is 13.8 Å². The summed E-state index contributed by atoms with van der Waals surface area (Å²) in [7, 11) is -3.40. The molecule has 0 unspecified atom stereocenters. The fourth-order valence-corrected chi connectivity index (χ4v) is 1.43. The average molecular weight is 281 g/mol. The molecule has 78 valence electrons. The molecular weight excluding hydrogens is 272 g/mol. The van der Waals surface area contributed by atoms with Crippen molar-refractivity contribution in [2.75, 3.05) is 9.38 Å². The van der Waals surface area contributed by atoms with Crippen molar-refractivity contribution in [2.24, 2.45) is 0 Å². The lowest BCUT2D eigenvalue weighted by Crippen LogP contribution is -2.16. The summed E-state index contributed by atoms with van der Waals surface area (Å²) in [6.45, 7) is 3.48. The third-order valence-electron chi connectivity index (χ3n) is 1.48. The van der Waals surface area contributed by atoms with Crippen molar-refractivity contribution in [3.63, 3.8) is 0 Å². The molecule has 0 bridgehead atoms. The second-order valence-electron chi connectivity index (χ2n) is 2.63. The number of nitrogens with zero attached hydrogens (tertiary/aromatic N) is 3. The van der Waals surface area contributed by atoms with Gasteiger partial charge >= 0.3 is 0 Å². The predicted octanol–water partition coefficient (Wildman–Crippen LogP) is 0.583. The normalized spacial score (nSPS) is 11.4.